The third-order valence-electron chi connectivity index (χ3n) is 5.20. The Morgan fingerprint density at radius 3 is 2.42 bits per heavy atom. The molecule has 3 aromatic rings. The molecule has 0 unspecified atom stereocenters. The standard InChI is InChI=1S/C23H20ClFN2O3S/c24-19-4-1-16(2-5-19)13-23(28)26-21-8-3-17-11-12-27(15-18(17)14-21)31(29,30)22-9-6-20(25)7-10-22/h1-10,14H,11-13,15H2,(H,26,28). The summed E-state index contributed by atoms with van der Waals surface area (Å²) in [5, 5.41) is 3.48. The molecule has 0 saturated heterocycles. The monoisotopic (exact) mass is 458 g/mol. The molecule has 1 aliphatic heterocycles. The van der Waals surface area contributed by atoms with Crippen molar-refractivity contribution in [2.45, 2.75) is 24.3 Å². The summed E-state index contributed by atoms with van der Waals surface area (Å²) in [6, 6.07) is 17.4. The summed E-state index contributed by atoms with van der Waals surface area (Å²) in [5.74, 6) is -0.657. The van der Waals surface area contributed by atoms with Crippen molar-refractivity contribution in [2.24, 2.45) is 0 Å². The van der Waals surface area contributed by atoms with Crippen LogP contribution in [0.1, 0.15) is 16.7 Å². The van der Waals surface area contributed by atoms with E-state index in [-0.39, 0.29) is 23.8 Å². The zero-order valence-corrected chi connectivity index (χ0v) is 18.1. The first-order valence-electron chi connectivity index (χ1n) is 9.73. The quantitative estimate of drug-likeness (QED) is 0.616. The number of halogens is 2. The Bertz CT molecular complexity index is 1210. The molecule has 0 bridgehead atoms. The number of nitrogens with one attached hydrogen (secondary N) is 1. The molecular formula is C23H20ClFN2O3S. The number of hydrogen-bond acceptors (Lipinski definition) is 3. The lowest BCUT2D eigenvalue weighted by Gasteiger charge is -2.28. The van der Waals surface area contributed by atoms with Crippen molar-refractivity contribution in [1.82, 2.24) is 4.31 Å². The van der Waals surface area contributed by atoms with Gasteiger partial charge in [-0.3, -0.25) is 4.79 Å². The van der Waals surface area contributed by atoms with E-state index in [1.807, 2.05) is 12.1 Å². The summed E-state index contributed by atoms with van der Waals surface area (Å²) >= 11 is 5.87. The zero-order valence-electron chi connectivity index (χ0n) is 16.5. The predicted octanol–water partition coefficient (Wildman–Crippen LogP) is 4.41. The van der Waals surface area contributed by atoms with Crippen molar-refractivity contribution in [2.75, 3.05) is 11.9 Å². The van der Waals surface area contributed by atoms with E-state index in [1.54, 1.807) is 30.3 Å². The maximum atomic E-state index is 13.2. The molecule has 31 heavy (non-hydrogen) atoms. The Morgan fingerprint density at radius 1 is 1.00 bits per heavy atom. The summed E-state index contributed by atoms with van der Waals surface area (Å²) < 4.78 is 40.4. The van der Waals surface area contributed by atoms with Crippen molar-refractivity contribution < 1.29 is 17.6 Å². The second-order valence-electron chi connectivity index (χ2n) is 7.38. The van der Waals surface area contributed by atoms with Gasteiger partial charge in [0.1, 0.15) is 5.82 Å². The molecule has 0 aliphatic carbocycles. The van der Waals surface area contributed by atoms with Crippen LogP contribution in [-0.4, -0.2) is 25.2 Å². The molecule has 4 rings (SSSR count). The Labute approximate surface area is 185 Å². The molecule has 0 atom stereocenters. The minimum absolute atomic E-state index is 0.0600. The van der Waals surface area contributed by atoms with Crippen LogP contribution >= 0.6 is 11.6 Å². The summed E-state index contributed by atoms with van der Waals surface area (Å²) in [6.45, 7) is 0.533. The van der Waals surface area contributed by atoms with Crippen LogP contribution < -0.4 is 5.32 Å². The highest BCUT2D eigenvalue weighted by molar-refractivity contribution is 7.89. The largest absolute Gasteiger partial charge is 0.326 e. The van der Waals surface area contributed by atoms with Gasteiger partial charge in [-0.05, 0) is 71.6 Å². The van der Waals surface area contributed by atoms with E-state index >= 15 is 0 Å². The Morgan fingerprint density at radius 2 is 1.71 bits per heavy atom. The SMILES string of the molecule is O=C(Cc1ccc(Cl)cc1)Nc1ccc2c(c1)CN(S(=O)(=O)c1ccc(F)cc1)CC2. The zero-order chi connectivity index (χ0) is 22.0. The second-order valence-corrected chi connectivity index (χ2v) is 9.75. The maximum Gasteiger partial charge on any atom is 0.243 e. The van der Waals surface area contributed by atoms with E-state index in [0.717, 1.165) is 28.8 Å². The number of carbonyl (C=O) groups excluding carboxylic acids is 1. The van der Waals surface area contributed by atoms with Crippen LogP contribution in [0.5, 0.6) is 0 Å². The molecule has 1 heterocycles. The number of anilines is 1. The van der Waals surface area contributed by atoms with Crippen LogP contribution in [0, 0.1) is 5.82 Å². The molecule has 0 radical (unpaired) electrons. The highest BCUT2D eigenvalue weighted by atomic mass is 35.5. The van der Waals surface area contributed by atoms with Gasteiger partial charge in [-0.2, -0.15) is 4.31 Å². The number of hydrogen-bond donors (Lipinski definition) is 1. The molecule has 8 heteroatoms. The molecule has 3 aromatic carbocycles. The Balaban J connectivity index is 1.48. The summed E-state index contributed by atoms with van der Waals surface area (Å²) in [7, 11) is -3.73. The first kappa shape index (κ1) is 21.5. The van der Waals surface area contributed by atoms with E-state index in [2.05, 4.69) is 5.32 Å². The van der Waals surface area contributed by atoms with Gasteiger partial charge in [-0.15, -0.1) is 0 Å². The van der Waals surface area contributed by atoms with Crippen LogP contribution in [0.2, 0.25) is 5.02 Å². The lowest BCUT2D eigenvalue weighted by molar-refractivity contribution is -0.115. The second kappa shape index (κ2) is 8.78. The molecule has 0 aromatic heterocycles. The molecule has 1 N–H and O–H groups in total. The minimum Gasteiger partial charge on any atom is -0.326 e. The molecule has 0 fully saturated rings. The van der Waals surface area contributed by atoms with Gasteiger partial charge in [-0.1, -0.05) is 29.8 Å². The summed E-state index contributed by atoms with van der Waals surface area (Å²) in [4.78, 5) is 12.4. The van der Waals surface area contributed by atoms with Crippen molar-refractivity contribution in [3.63, 3.8) is 0 Å². The van der Waals surface area contributed by atoms with Gasteiger partial charge in [0.15, 0.2) is 0 Å². The fourth-order valence-electron chi connectivity index (χ4n) is 3.56. The molecule has 0 spiro atoms. The number of nitrogens with zero attached hydrogens (tertiary/aromatic N) is 1. The van der Waals surface area contributed by atoms with Crippen LogP contribution in [0.25, 0.3) is 0 Å². The van der Waals surface area contributed by atoms with Gasteiger partial charge in [0.25, 0.3) is 0 Å². The van der Waals surface area contributed by atoms with Gasteiger partial charge in [0, 0.05) is 23.8 Å². The molecule has 5 nitrogen and oxygen atoms in total. The highest BCUT2D eigenvalue weighted by Crippen LogP contribution is 2.27. The number of amides is 1. The average molecular weight is 459 g/mol. The molecular weight excluding hydrogens is 439 g/mol. The van der Waals surface area contributed by atoms with E-state index in [0.29, 0.717) is 23.7 Å². The van der Waals surface area contributed by atoms with Crippen LogP contribution in [0.4, 0.5) is 10.1 Å². The topological polar surface area (TPSA) is 66.5 Å². The Hall–Kier alpha value is -2.74. The maximum absolute atomic E-state index is 13.2. The average Bonchev–Trinajstić information content (AvgIpc) is 2.75. The lowest BCUT2D eigenvalue weighted by atomic mass is 10.0. The van der Waals surface area contributed by atoms with E-state index in [9.17, 15) is 17.6 Å². The van der Waals surface area contributed by atoms with Gasteiger partial charge in [-0.25, -0.2) is 12.8 Å². The predicted molar refractivity (Wildman–Crippen MR) is 118 cm³/mol. The normalized spacial score (nSPS) is 14.1. The first-order chi connectivity index (χ1) is 14.8. The Kier molecular flexibility index (Phi) is 6.09. The smallest absolute Gasteiger partial charge is 0.243 e. The fraction of sp³-hybridized carbons (Fsp3) is 0.174. The molecule has 1 aliphatic rings. The van der Waals surface area contributed by atoms with Gasteiger partial charge < -0.3 is 5.32 Å². The van der Waals surface area contributed by atoms with E-state index in [4.69, 9.17) is 11.6 Å². The lowest BCUT2D eigenvalue weighted by Crippen LogP contribution is -2.36. The number of sulfonamides is 1. The van der Waals surface area contributed by atoms with Crippen LogP contribution in [0.15, 0.2) is 71.6 Å². The molecule has 160 valence electrons. The van der Waals surface area contributed by atoms with Gasteiger partial charge in [0.05, 0.1) is 11.3 Å². The summed E-state index contributed by atoms with van der Waals surface area (Å²) in [5.41, 5.74) is 3.33. The number of carbonyl (C=O) groups is 1. The van der Waals surface area contributed by atoms with Crippen molar-refractivity contribution >= 4 is 33.2 Å². The fourth-order valence-corrected chi connectivity index (χ4v) is 5.11. The molecule has 1 amide bonds. The van der Waals surface area contributed by atoms with Crippen LogP contribution in [-0.2, 0) is 34.2 Å². The van der Waals surface area contributed by atoms with Crippen molar-refractivity contribution in [1.29, 1.82) is 0 Å². The number of fused-ring (bicyclic) bond motifs is 1. The first-order valence-corrected chi connectivity index (χ1v) is 11.5. The van der Waals surface area contributed by atoms with Gasteiger partial charge >= 0.3 is 0 Å². The highest BCUT2D eigenvalue weighted by Gasteiger charge is 2.28. The van der Waals surface area contributed by atoms with E-state index < -0.39 is 15.8 Å². The van der Waals surface area contributed by atoms with Crippen LogP contribution in [0.3, 0.4) is 0 Å². The van der Waals surface area contributed by atoms with Crippen molar-refractivity contribution in [3.8, 4) is 0 Å². The molecule has 0 saturated carbocycles. The third kappa shape index (κ3) is 4.95. The minimum atomic E-state index is -3.73. The number of rotatable bonds is 5. The number of benzene rings is 3. The van der Waals surface area contributed by atoms with E-state index in [1.165, 1.54) is 16.4 Å². The third-order valence-corrected chi connectivity index (χ3v) is 7.31. The summed E-state index contributed by atoms with van der Waals surface area (Å²) in [6.07, 6.45) is 0.772. The van der Waals surface area contributed by atoms with Gasteiger partial charge in [0.2, 0.25) is 15.9 Å². The van der Waals surface area contributed by atoms with Crippen molar-refractivity contribution in [3.05, 3.63) is 94.3 Å².